The van der Waals surface area contributed by atoms with Crippen LogP contribution in [0.25, 0.3) is 6.08 Å². The molecule has 168 valence electrons. The zero-order valence-electron chi connectivity index (χ0n) is 18.2. The Bertz CT molecular complexity index is 1290. The fourth-order valence-electron chi connectivity index (χ4n) is 3.47. The third-order valence-electron chi connectivity index (χ3n) is 5.28. The van der Waals surface area contributed by atoms with Crippen molar-refractivity contribution in [2.75, 3.05) is 13.9 Å². The number of cyclic esters (lactones) is 1. The first kappa shape index (κ1) is 20.6. The van der Waals surface area contributed by atoms with E-state index < -0.39 is 5.97 Å². The van der Waals surface area contributed by atoms with Gasteiger partial charge in [-0.2, -0.15) is 0 Å². The highest BCUT2D eigenvalue weighted by atomic mass is 16.7. The van der Waals surface area contributed by atoms with Gasteiger partial charge in [0, 0.05) is 5.56 Å². The largest absolute Gasteiger partial charge is 0.493 e. The number of methoxy groups -OCH3 is 1. The van der Waals surface area contributed by atoms with Gasteiger partial charge >= 0.3 is 5.97 Å². The van der Waals surface area contributed by atoms with E-state index in [0.29, 0.717) is 46.5 Å². The Balaban J connectivity index is 1.36. The summed E-state index contributed by atoms with van der Waals surface area (Å²) < 4.78 is 32.6. The molecule has 0 saturated carbocycles. The number of rotatable bonds is 6. The van der Waals surface area contributed by atoms with Crippen LogP contribution in [0.1, 0.15) is 28.1 Å². The molecule has 5 rings (SSSR count). The number of hydrogen-bond donors (Lipinski definition) is 0. The minimum Gasteiger partial charge on any atom is -0.493 e. The van der Waals surface area contributed by atoms with Crippen molar-refractivity contribution in [2.45, 2.75) is 20.5 Å². The summed E-state index contributed by atoms with van der Waals surface area (Å²) in [6.45, 7) is 4.16. The van der Waals surface area contributed by atoms with Crippen LogP contribution < -0.4 is 18.9 Å². The predicted octanol–water partition coefficient (Wildman–Crippen LogP) is 3.95. The Morgan fingerprint density at radius 2 is 1.91 bits per heavy atom. The zero-order valence-corrected chi connectivity index (χ0v) is 18.2. The summed E-state index contributed by atoms with van der Waals surface area (Å²) >= 11 is 0. The molecule has 2 aliphatic heterocycles. The van der Waals surface area contributed by atoms with Crippen LogP contribution in [0.2, 0.25) is 0 Å². The number of esters is 1. The third-order valence-corrected chi connectivity index (χ3v) is 5.28. The lowest BCUT2D eigenvalue weighted by Crippen LogP contribution is -2.05. The molecule has 1 aromatic heterocycles. The molecule has 0 saturated heterocycles. The van der Waals surface area contributed by atoms with Crippen LogP contribution in [0, 0.1) is 13.8 Å². The molecule has 0 radical (unpaired) electrons. The van der Waals surface area contributed by atoms with Gasteiger partial charge in [-0.05, 0) is 55.8 Å². The van der Waals surface area contributed by atoms with E-state index in [0.717, 1.165) is 11.3 Å². The van der Waals surface area contributed by atoms with Crippen molar-refractivity contribution >= 4 is 17.9 Å². The normalized spacial score (nSPS) is 15.5. The number of hydrogen-bond acceptors (Lipinski definition) is 9. The van der Waals surface area contributed by atoms with Crippen molar-refractivity contribution in [3.63, 3.8) is 0 Å². The summed E-state index contributed by atoms with van der Waals surface area (Å²) in [5.41, 5.74) is 3.18. The van der Waals surface area contributed by atoms with Crippen LogP contribution in [0.3, 0.4) is 0 Å². The number of carbonyl (C=O) groups excluding carboxylic acids is 1. The van der Waals surface area contributed by atoms with Gasteiger partial charge in [-0.25, -0.2) is 9.79 Å². The fraction of sp³-hybridized carbons (Fsp3) is 0.208. The summed E-state index contributed by atoms with van der Waals surface area (Å²) in [5, 5.41) is 3.93. The van der Waals surface area contributed by atoms with Gasteiger partial charge in [0.2, 0.25) is 12.7 Å². The fourth-order valence-corrected chi connectivity index (χ4v) is 3.47. The molecule has 0 unspecified atom stereocenters. The summed E-state index contributed by atoms with van der Waals surface area (Å²) in [6.07, 6.45) is 1.63. The van der Waals surface area contributed by atoms with Crippen LogP contribution in [-0.2, 0) is 16.1 Å². The highest BCUT2D eigenvalue weighted by Gasteiger charge is 2.26. The van der Waals surface area contributed by atoms with E-state index in [9.17, 15) is 4.79 Å². The quantitative estimate of drug-likeness (QED) is 0.413. The van der Waals surface area contributed by atoms with Crippen LogP contribution in [0.15, 0.2) is 51.6 Å². The number of nitrogens with zero attached hydrogens (tertiary/aromatic N) is 2. The van der Waals surface area contributed by atoms with E-state index >= 15 is 0 Å². The second kappa shape index (κ2) is 8.34. The summed E-state index contributed by atoms with van der Waals surface area (Å²) in [6, 6.07) is 10.6. The lowest BCUT2D eigenvalue weighted by molar-refractivity contribution is -0.129. The topological polar surface area (TPSA) is 102 Å². The molecule has 9 heteroatoms. The van der Waals surface area contributed by atoms with Crippen molar-refractivity contribution in [3.05, 3.63) is 70.2 Å². The molecule has 0 spiro atoms. The maximum atomic E-state index is 12.4. The minimum absolute atomic E-state index is 0.163. The smallest absolute Gasteiger partial charge is 0.363 e. The minimum atomic E-state index is -0.541. The molecule has 2 aromatic carbocycles. The summed E-state index contributed by atoms with van der Waals surface area (Å²) in [5.74, 6) is 2.67. The van der Waals surface area contributed by atoms with E-state index in [2.05, 4.69) is 10.1 Å². The van der Waals surface area contributed by atoms with E-state index in [-0.39, 0.29) is 18.4 Å². The zero-order chi connectivity index (χ0) is 22.9. The van der Waals surface area contributed by atoms with Crippen molar-refractivity contribution in [1.29, 1.82) is 0 Å². The SMILES string of the molecule is COc1cc(/C=C2/N=C(c3ccc4c(c3)OCO4)OC2=O)ccc1OCc1c(C)noc1C. The molecule has 0 amide bonds. The number of aryl methyl sites for hydroxylation is 2. The van der Waals surface area contributed by atoms with Gasteiger partial charge in [-0.3, -0.25) is 0 Å². The average Bonchev–Trinajstić information content (AvgIpc) is 3.52. The van der Waals surface area contributed by atoms with Crippen LogP contribution >= 0.6 is 0 Å². The van der Waals surface area contributed by atoms with E-state index in [1.807, 2.05) is 13.8 Å². The number of benzene rings is 2. The van der Waals surface area contributed by atoms with Gasteiger partial charge in [-0.15, -0.1) is 0 Å². The lowest BCUT2D eigenvalue weighted by Gasteiger charge is -2.11. The van der Waals surface area contributed by atoms with Gasteiger partial charge in [0.15, 0.2) is 28.7 Å². The number of carbonyl (C=O) groups is 1. The monoisotopic (exact) mass is 448 g/mol. The Kier molecular flexibility index (Phi) is 5.21. The second-order valence-corrected chi connectivity index (χ2v) is 7.41. The van der Waals surface area contributed by atoms with E-state index in [4.69, 9.17) is 28.2 Å². The first-order valence-corrected chi connectivity index (χ1v) is 10.2. The maximum Gasteiger partial charge on any atom is 0.363 e. The molecule has 2 aliphatic rings. The average molecular weight is 448 g/mol. The summed E-state index contributed by atoms with van der Waals surface area (Å²) in [7, 11) is 1.55. The molecule has 33 heavy (non-hydrogen) atoms. The van der Waals surface area contributed by atoms with Crippen molar-refractivity contribution in [2.24, 2.45) is 4.99 Å². The van der Waals surface area contributed by atoms with Gasteiger partial charge in [-0.1, -0.05) is 11.2 Å². The van der Waals surface area contributed by atoms with Crippen molar-refractivity contribution < 1.29 is 33.0 Å². The highest BCUT2D eigenvalue weighted by molar-refractivity contribution is 6.13. The first-order chi connectivity index (χ1) is 16.0. The van der Waals surface area contributed by atoms with Gasteiger partial charge in [0.25, 0.3) is 0 Å². The number of aromatic nitrogens is 1. The number of fused-ring (bicyclic) bond motifs is 1. The maximum absolute atomic E-state index is 12.4. The predicted molar refractivity (Wildman–Crippen MR) is 116 cm³/mol. The van der Waals surface area contributed by atoms with Crippen LogP contribution in [0.4, 0.5) is 0 Å². The standard InChI is InChI=1S/C24H20N2O7/c1-13-17(14(2)33-26-13)11-29-19-6-4-15(9-21(19)28-3)8-18-24(27)32-23(25-18)16-5-7-20-22(10-16)31-12-30-20/h4-10H,11-12H2,1-3H3/b18-8+. The van der Waals surface area contributed by atoms with Gasteiger partial charge < -0.3 is 28.2 Å². The molecule has 3 heterocycles. The Hall–Kier alpha value is -4.27. The van der Waals surface area contributed by atoms with Gasteiger partial charge in [0.05, 0.1) is 18.4 Å². The Morgan fingerprint density at radius 3 is 2.70 bits per heavy atom. The Labute approximate surface area is 189 Å². The van der Waals surface area contributed by atoms with Crippen LogP contribution in [0.5, 0.6) is 23.0 Å². The molecule has 3 aromatic rings. The molecule has 0 N–H and O–H groups in total. The molecule has 0 bridgehead atoms. The highest BCUT2D eigenvalue weighted by Crippen LogP contribution is 2.34. The third kappa shape index (κ3) is 4.00. The molecular formula is C24H20N2O7. The lowest BCUT2D eigenvalue weighted by atomic mass is 10.1. The van der Waals surface area contributed by atoms with Crippen molar-refractivity contribution in [3.8, 4) is 23.0 Å². The molecule has 0 atom stereocenters. The van der Waals surface area contributed by atoms with Gasteiger partial charge in [0.1, 0.15) is 12.4 Å². The molecule has 0 fully saturated rings. The first-order valence-electron chi connectivity index (χ1n) is 10.2. The molecule has 0 aliphatic carbocycles. The summed E-state index contributed by atoms with van der Waals surface area (Å²) in [4.78, 5) is 16.7. The second-order valence-electron chi connectivity index (χ2n) is 7.41. The Morgan fingerprint density at radius 1 is 1.06 bits per heavy atom. The number of ether oxygens (including phenoxy) is 5. The van der Waals surface area contributed by atoms with Crippen molar-refractivity contribution in [1.82, 2.24) is 5.16 Å². The van der Waals surface area contributed by atoms with E-state index in [1.54, 1.807) is 49.6 Å². The number of aliphatic imine (C=N–C) groups is 1. The van der Waals surface area contributed by atoms with E-state index in [1.165, 1.54) is 0 Å². The molecule has 9 nitrogen and oxygen atoms in total. The molecular weight excluding hydrogens is 428 g/mol. The van der Waals surface area contributed by atoms with Crippen LogP contribution in [-0.4, -0.2) is 30.9 Å².